The van der Waals surface area contributed by atoms with Gasteiger partial charge in [0, 0.05) is 12.1 Å². The van der Waals surface area contributed by atoms with Crippen LogP contribution in [0.3, 0.4) is 0 Å². The minimum Gasteiger partial charge on any atom is -0.319 e. The summed E-state index contributed by atoms with van der Waals surface area (Å²) in [7, 11) is 0. The second-order valence-corrected chi connectivity index (χ2v) is 4.74. The van der Waals surface area contributed by atoms with Gasteiger partial charge in [0.05, 0.1) is 0 Å². The van der Waals surface area contributed by atoms with Crippen molar-refractivity contribution < 1.29 is 9.59 Å². The molecular formula is C17H23NO2. The molecule has 0 N–H and O–H groups in total. The van der Waals surface area contributed by atoms with Gasteiger partial charge in [-0.2, -0.15) is 0 Å². The third-order valence-electron chi connectivity index (χ3n) is 3.44. The lowest BCUT2D eigenvalue weighted by Crippen LogP contribution is -2.26. The van der Waals surface area contributed by atoms with Gasteiger partial charge in [-0.3, -0.25) is 9.59 Å². The second-order valence-electron chi connectivity index (χ2n) is 4.74. The van der Waals surface area contributed by atoms with Crippen LogP contribution < -0.4 is 0 Å². The van der Waals surface area contributed by atoms with Crippen molar-refractivity contribution in [2.24, 2.45) is 5.92 Å². The Morgan fingerprint density at radius 3 is 2.55 bits per heavy atom. The maximum atomic E-state index is 12.4. The van der Waals surface area contributed by atoms with Crippen LogP contribution in [0.25, 0.3) is 0 Å². The smallest absolute Gasteiger partial charge is 0.237 e. The number of Topliss-reactive ketones (excluding diaryl/α,β-unsaturated/α-hetero) is 1. The van der Waals surface area contributed by atoms with Crippen LogP contribution >= 0.6 is 0 Å². The van der Waals surface area contributed by atoms with Crippen LogP contribution in [-0.2, 0) is 4.79 Å². The summed E-state index contributed by atoms with van der Waals surface area (Å²) >= 11 is 0. The Kier molecular flexibility index (Phi) is 5.68. The zero-order valence-corrected chi connectivity index (χ0v) is 12.8. The van der Waals surface area contributed by atoms with E-state index in [1.807, 2.05) is 45.9 Å². The lowest BCUT2D eigenvalue weighted by Gasteiger charge is -2.12. The highest BCUT2D eigenvalue weighted by Gasteiger charge is 2.36. The fourth-order valence-electron chi connectivity index (χ4n) is 2.32. The van der Waals surface area contributed by atoms with Crippen molar-refractivity contribution in [2.45, 2.75) is 34.1 Å². The minimum absolute atomic E-state index is 0.0643. The van der Waals surface area contributed by atoms with Gasteiger partial charge in [-0.1, -0.05) is 38.1 Å². The molecule has 0 aliphatic carbocycles. The molecule has 1 heterocycles. The van der Waals surface area contributed by atoms with Crippen molar-refractivity contribution in [3.8, 4) is 0 Å². The van der Waals surface area contributed by atoms with Gasteiger partial charge in [0.1, 0.15) is 5.92 Å². The first kappa shape index (κ1) is 16.2. The van der Waals surface area contributed by atoms with Crippen molar-refractivity contribution in [2.75, 3.05) is 6.54 Å². The standard InChI is InChI=1S/C15H17NO2.C2H6/c1-4-16-8-7-12(15(16)18)14(17)13-9-10(2)5-6-11(13)3;1-2/h4-6,9,12H,1,7-8H2,2-3H3;1-2H3. The predicted octanol–water partition coefficient (Wildman–Crippen LogP) is 3.50. The van der Waals surface area contributed by atoms with Gasteiger partial charge in [-0.25, -0.2) is 0 Å². The molecule has 1 amide bonds. The fraction of sp³-hybridized carbons (Fsp3) is 0.412. The number of carbonyl (C=O) groups is 2. The average molecular weight is 273 g/mol. The molecule has 1 fully saturated rings. The number of likely N-dealkylation sites (tertiary alicyclic amines) is 1. The SMILES string of the molecule is C=CN1CCC(C(=O)c2cc(C)ccc2C)C1=O.CC. The van der Waals surface area contributed by atoms with E-state index < -0.39 is 5.92 Å². The van der Waals surface area contributed by atoms with Gasteiger partial charge in [-0.15, -0.1) is 0 Å². The number of benzene rings is 1. The first-order valence-corrected chi connectivity index (χ1v) is 7.09. The van der Waals surface area contributed by atoms with Crippen molar-refractivity contribution >= 4 is 11.7 Å². The van der Waals surface area contributed by atoms with Gasteiger partial charge in [-0.05, 0) is 38.1 Å². The predicted molar refractivity (Wildman–Crippen MR) is 81.6 cm³/mol. The largest absolute Gasteiger partial charge is 0.319 e. The van der Waals surface area contributed by atoms with Crippen LogP contribution in [0, 0.1) is 19.8 Å². The van der Waals surface area contributed by atoms with Crippen molar-refractivity contribution in [1.82, 2.24) is 4.90 Å². The zero-order valence-electron chi connectivity index (χ0n) is 12.8. The van der Waals surface area contributed by atoms with E-state index in [0.717, 1.165) is 11.1 Å². The Labute approximate surface area is 121 Å². The Balaban J connectivity index is 0.000000956. The fourth-order valence-corrected chi connectivity index (χ4v) is 2.32. The molecule has 20 heavy (non-hydrogen) atoms. The van der Waals surface area contributed by atoms with Gasteiger partial charge in [0.2, 0.25) is 5.91 Å². The lowest BCUT2D eigenvalue weighted by molar-refractivity contribution is -0.127. The molecule has 2 rings (SSSR count). The summed E-state index contributed by atoms with van der Waals surface area (Å²) in [6.07, 6.45) is 2.08. The summed E-state index contributed by atoms with van der Waals surface area (Å²) in [5, 5.41) is 0. The molecule has 1 atom stereocenters. The Morgan fingerprint density at radius 2 is 2.00 bits per heavy atom. The first-order valence-electron chi connectivity index (χ1n) is 7.09. The summed E-state index contributed by atoms with van der Waals surface area (Å²) in [6.45, 7) is 12.0. The lowest BCUT2D eigenvalue weighted by atomic mass is 9.92. The van der Waals surface area contributed by atoms with E-state index >= 15 is 0 Å². The molecule has 1 saturated heterocycles. The van der Waals surface area contributed by atoms with Crippen LogP contribution in [0.1, 0.15) is 41.8 Å². The average Bonchev–Trinajstić information content (AvgIpc) is 2.84. The highest BCUT2D eigenvalue weighted by atomic mass is 16.2. The number of amides is 1. The third-order valence-corrected chi connectivity index (χ3v) is 3.44. The molecule has 1 aromatic rings. The van der Waals surface area contributed by atoms with Gasteiger partial charge in [0.25, 0.3) is 0 Å². The molecule has 3 heteroatoms. The molecule has 0 bridgehead atoms. The molecule has 0 spiro atoms. The molecule has 1 aromatic carbocycles. The zero-order chi connectivity index (χ0) is 15.3. The molecular weight excluding hydrogens is 250 g/mol. The van der Waals surface area contributed by atoms with E-state index in [-0.39, 0.29) is 11.7 Å². The van der Waals surface area contributed by atoms with Crippen LogP contribution in [0.4, 0.5) is 0 Å². The highest BCUT2D eigenvalue weighted by Crippen LogP contribution is 2.24. The first-order chi connectivity index (χ1) is 9.54. The normalized spacial score (nSPS) is 17.5. The maximum Gasteiger partial charge on any atom is 0.237 e. The van der Waals surface area contributed by atoms with E-state index in [4.69, 9.17) is 0 Å². The molecule has 0 saturated carbocycles. The van der Waals surface area contributed by atoms with E-state index in [9.17, 15) is 9.59 Å². The number of ketones is 1. The molecule has 1 unspecified atom stereocenters. The monoisotopic (exact) mass is 273 g/mol. The number of rotatable bonds is 3. The Bertz CT molecular complexity index is 520. The molecule has 1 aliphatic rings. The van der Waals surface area contributed by atoms with Gasteiger partial charge >= 0.3 is 0 Å². The maximum absolute atomic E-state index is 12.4. The summed E-state index contributed by atoms with van der Waals surface area (Å²) in [4.78, 5) is 25.9. The minimum atomic E-state index is -0.538. The Hall–Kier alpha value is -1.90. The van der Waals surface area contributed by atoms with E-state index in [1.54, 1.807) is 0 Å². The molecule has 3 nitrogen and oxygen atoms in total. The van der Waals surface area contributed by atoms with E-state index in [1.165, 1.54) is 11.1 Å². The van der Waals surface area contributed by atoms with Crippen LogP contribution in [0.5, 0.6) is 0 Å². The quantitative estimate of drug-likeness (QED) is 0.624. The summed E-state index contributed by atoms with van der Waals surface area (Å²) in [6, 6.07) is 5.76. The summed E-state index contributed by atoms with van der Waals surface area (Å²) in [5.41, 5.74) is 2.63. The molecule has 1 aliphatic heterocycles. The van der Waals surface area contributed by atoms with Crippen LogP contribution in [-0.4, -0.2) is 23.1 Å². The number of aryl methyl sites for hydroxylation is 2. The molecule has 0 aromatic heterocycles. The Morgan fingerprint density at radius 1 is 1.35 bits per heavy atom. The topological polar surface area (TPSA) is 37.4 Å². The second kappa shape index (κ2) is 7.04. The van der Waals surface area contributed by atoms with Gasteiger partial charge < -0.3 is 4.90 Å². The van der Waals surface area contributed by atoms with Crippen molar-refractivity contribution in [1.29, 1.82) is 0 Å². The number of carbonyl (C=O) groups excluding carboxylic acids is 2. The van der Waals surface area contributed by atoms with Crippen molar-refractivity contribution in [3.63, 3.8) is 0 Å². The number of nitrogens with zero attached hydrogens (tertiary/aromatic N) is 1. The summed E-state index contributed by atoms with van der Waals surface area (Å²) in [5.74, 6) is -0.732. The number of hydrogen-bond acceptors (Lipinski definition) is 2. The third kappa shape index (κ3) is 3.16. The molecule has 108 valence electrons. The van der Waals surface area contributed by atoms with Gasteiger partial charge in [0.15, 0.2) is 5.78 Å². The van der Waals surface area contributed by atoms with Crippen LogP contribution in [0.15, 0.2) is 31.0 Å². The highest BCUT2D eigenvalue weighted by molar-refractivity contribution is 6.11. The van der Waals surface area contributed by atoms with Crippen molar-refractivity contribution in [3.05, 3.63) is 47.7 Å². The summed E-state index contributed by atoms with van der Waals surface area (Å²) < 4.78 is 0. The van der Waals surface area contributed by atoms with Crippen LogP contribution in [0.2, 0.25) is 0 Å². The van der Waals surface area contributed by atoms with E-state index in [2.05, 4.69) is 6.58 Å². The molecule has 0 radical (unpaired) electrons. The number of hydrogen-bond donors (Lipinski definition) is 0. The van der Waals surface area contributed by atoms with E-state index in [0.29, 0.717) is 18.5 Å².